The first-order valence-electron chi connectivity index (χ1n) is 7.67. The Hall–Kier alpha value is -2.86. The number of aromatic amines is 1. The number of rotatable bonds is 6. The van der Waals surface area contributed by atoms with E-state index in [9.17, 15) is 0 Å². The molecule has 3 N–H and O–H groups in total. The molecule has 3 rings (SSSR count). The standard InChI is InChI=1S/C18H20N4O2/c1-23-16-9-14(8-12(5-6-19)18(16)24-2)15-11-21-22-17(15)13-4-3-7-20-10-13/h3-4,7-11H,5-6,19H2,1-2H3,(H,21,22). The highest BCUT2D eigenvalue weighted by Gasteiger charge is 2.16. The summed E-state index contributed by atoms with van der Waals surface area (Å²) < 4.78 is 11.0. The summed E-state index contributed by atoms with van der Waals surface area (Å²) >= 11 is 0. The van der Waals surface area contributed by atoms with E-state index in [1.807, 2.05) is 18.2 Å². The van der Waals surface area contributed by atoms with E-state index in [1.54, 1.807) is 32.8 Å². The van der Waals surface area contributed by atoms with Crippen molar-refractivity contribution in [2.75, 3.05) is 20.8 Å². The van der Waals surface area contributed by atoms with Gasteiger partial charge >= 0.3 is 0 Å². The molecule has 6 heteroatoms. The van der Waals surface area contributed by atoms with Crippen molar-refractivity contribution in [1.29, 1.82) is 0 Å². The second-order valence-electron chi connectivity index (χ2n) is 5.31. The van der Waals surface area contributed by atoms with Gasteiger partial charge in [-0.2, -0.15) is 5.10 Å². The predicted octanol–water partition coefficient (Wildman–Crippen LogP) is 2.66. The molecule has 2 heterocycles. The fraction of sp³-hybridized carbons (Fsp3) is 0.222. The van der Waals surface area contributed by atoms with Gasteiger partial charge in [0.25, 0.3) is 0 Å². The molecule has 0 saturated carbocycles. The van der Waals surface area contributed by atoms with Crippen molar-refractivity contribution in [1.82, 2.24) is 15.2 Å². The van der Waals surface area contributed by atoms with E-state index in [0.717, 1.165) is 33.7 Å². The summed E-state index contributed by atoms with van der Waals surface area (Å²) in [6.45, 7) is 0.532. The number of benzene rings is 1. The Morgan fingerprint density at radius 1 is 1.12 bits per heavy atom. The van der Waals surface area contributed by atoms with Crippen molar-refractivity contribution in [2.45, 2.75) is 6.42 Å². The molecule has 0 saturated heterocycles. The number of ether oxygens (including phenoxy) is 2. The molecule has 0 fully saturated rings. The minimum Gasteiger partial charge on any atom is -0.493 e. The third-order valence-corrected chi connectivity index (χ3v) is 3.87. The van der Waals surface area contributed by atoms with Crippen LogP contribution in [0.4, 0.5) is 0 Å². The average Bonchev–Trinajstić information content (AvgIpc) is 3.11. The number of hydrogen-bond donors (Lipinski definition) is 2. The molecule has 6 nitrogen and oxygen atoms in total. The predicted molar refractivity (Wildman–Crippen MR) is 93.1 cm³/mol. The lowest BCUT2D eigenvalue weighted by molar-refractivity contribution is 0.352. The number of nitrogens with zero attached hydrogens (tertiary/aromatic N) is 2. The van der Waals surface area contributed by atoms with E-state index in [1.165, 1.54) is 0 Å². The van der Waals surface area contributed by atoms with Gasteiger partial charge in [0.05, 0.1) is 26.1 Å². The number of pyridine rings is 1. The fourth-order valence-electron chi connectivity index (χ4n) is 2.78. The monoisotopic (exact) mass is 324 g/mol. The van der Waals surface area contributed by atoms with Crippen LogP contribution >= 0.6 is 0 Å². The zero-order chi connectivity index (χ0) is 16.9. The molecule has 2 aromatic heterocycles. The summed E-state index contributed by atoms with van der Waals surface area (Å²) in [5.74, 6) is 1.40. The molecule has 0 bridgehead atoms. The Balaban J connectivity index is 2.14. The summed E-state index contributed by atoms with van der Waals surface area (Å²) in [7, 11) is 3.27. The Labute approximate surface area is 140 Å². The second kappa shape index (κ2) is 7.14. The van der Waals surface area contributed by atoms with E-state index >= 15 is 0 Å². The topological polar surface area (TPSA) is 86.0 Å². The van der Waals surface area contributed by atoms with Gasteiger partial charge in [0.2, 0.25) is 0 Å². The zero-order valence-corrected chi connectivity index (χ0v) is 13.7. The van der Waals surface area contributed by atoms with Crippen molar-refractivity contribution in [3.05, 3.63) is 48.4 Å². The maximum absolute atomic E-state index is 5.74. The normalized spacial score (nSPS) is 10.6. The molecule has 0 aliphatic rings. The van der Waals surface area contributed by atoms with Gasteiger partial charge < -0.3 is 15.2 Å². The third kappa shape index (κ3) is 2.96. The molecule has 0 spiro atoms. The lowest BCUT2D eigenvalue weighted by atomic mass is 9.98. The summed E-state index contributed by atoms with van der Waals surface area (Å²) in [6, 6.07) is 7.91. The van der Waals surface area contributed by atoms with Crippen molar-refractivity contribution in [2.24, 2.45) is 5.73 Å². The van der Waals surface area contributed by atoms with Crippen LogP contribution in [-0.2, 0) is 6.42 Å². The zero-order valence-electron chi connectivity index (χ0n) is 13.7. The van der Waals surface area contributed by atoms with E-state index in [4.69, 9.17) is 15.2 Å². The molecule has 0 amide bonds. The highest BCUT2D eigenvalue weighted by molar-refractivity contribution is 5.81. The van der Waals surface area contributed by atoms with Gasteiger partial charge in [-0.25, -0.2) is 0 Å². The summed E-state index contributed by atoms with van der Waals surface area (Å²) in [5, 5.41) is 7.25. The van der Waals surface area contributed by atoms with Gasteiger partial charge in [0.15, 0.2) is 11.5 Å². The third-order valence-electron chi connectivity index (χ3n) is 3.87. The molecule has 0 radical (unpaired) electrons. The van der Waals surface area contributed by atoms with E-state index in [-0.39, 0.29) is 0 Å². The molecular weight excluding hydrogens is 304 g/mol. The van der Waals surface area contributed by atoms with Gasteiger partial charge in [-0.1, -0.05) is 0 Å². The number of nitrogens with two attached hydrogens (primary N) is 1. The Bertz CT molecular complexity index is 815. The Morgan fingerprint density at radius 2 is 2.00 bits per heavy atom. The van der Waals surface area contributed by atoms with Gasteiger partial charge in [-0.05, 0) is 48.4 Å². The molecular formula is C18H20N4O2. The number of H-pyrrole nitrogens is 1. The average molecular weight is 324 g/mol. The lowest BCUT2D eigenvalue weighted by Crippen LogP contribution is -2.05. The molecule has 0 aliphatic carbocycles. The SMILES string of the molecule is COc1cc(-c2cn[nH]c2-c2cccnc2)cc(CCN)c1OC. The molecule has 124 valence electrons. The van der Waals surface area contributed by atoms with Crippen molar-refractivity contribution in [3.63, 3.8) is 0 Å². The van der Waals surface area contributed by atoms with Crippen LogP contribution in [-0.4, -0.2) is 35.9 Å². The number of nitrogens with one attached hydrogen (secondary N) is 1. The van der Waals surface area contributed by atoms with Crippen LogP contribution in [0.3, 0.4) is 0 Å². The van der Waals surface area contributed by atoms with Crippen LogP contribution in [0.2, 0.25) is 0 Å². The molecule has 24 heavy (non-hydrogen) atoms. The number of hydrogen-bond acceptors (Lipinski definition) is 5. The molecule has 1 aromatic carbocycles. The highest BCUT2D eigenvalue weighted by Crippen LogP contribution is 2.38. The Morgan fingerprint density at radius 3 is 2.67 bits per heavy atom. The van der Waals surface area contributed by atoms with Gasteiger partial charge in [0.1, 0.15) is 0 Å². The van der Waals surface area contributed by atoms with Gasteiger partial charge in [-0.15, -0.1) is 0 Å². The van der Waals surface area contributed by atoms with Crippen LogP contribution in [0, 0.1) is 0 Å². The first-order chi connectivity index (χ1) is 11.8. The fourth-order valence-corrected chi connectivity index (χ4v) is 2.78. The highest BCUT2D eigenvalue weighted by atomic mass is 16.5. The molecule has 0 unspecified atom stereocenters. The lowest BCUT2D eigenvalue weighted by Gasteiger charge is -2.15. The van der Waals surface area contributed by atoms with Crippen LogP contribution in [0.25, 0.3) is 22.4 Å². The van der Waals surface area contributed by atoms with Crippen molar-refractivity contribution < 1.29 is 9.47 Å². The second-order valence-corrected chi connectivity index (χ2v) is 5.31. The summed E-state index contributed by atoms with van der Waals surface area (Å²) in [4.78, 5) is 4.17. The van der Waals surface area contributed by atoms with Crippen molar-refractivity contribution in [3.8, 4) is 33.9 Å². The maximum Gasteiger partial charge on any atom is 0.163 e. The first kappa shape index (κ1) is 16.0. The molecule has 3 aromatic rings. The number of aromatic nitrogens is 3. The minimum absolute atomic E-state index is 0.532. The van der Waals surface area contributed by atoms with E-state index < -0.39 is 0 Å². The van der Waals surface area contributed by atoms with Gasteiger partial charge in [0, 0.05) is 23.5 Å². The van der Waals surface area contributed by atoms with Gasteiger partial charge in [-0.3, -0.25) is 10.1 Å². The summed E-state index contributed by atoms with van der Waals surface area (Å²) in [6.07, 6.45) is 6.05. The molecule has 0 atom stereocenters. The van der Waals surface area contributed by atoms with E-state index in [0.29, 0.717) is 18.7 Å². The quantitative estimate of drug-likeness (QED) is 0.728. The number of methoxy groups -OCH3 is 2. The summed E-state index contributed by atoms with van der Waals surface area (Å²) in [5.41, 5.74) is 10.6. The van der Waals surface area contributed by atoms with Crippen molar-refractivity contribution >= 4 is 0 Å². The van der Waals surface area contributed by atoms with Crippen LogP contribution in [0.1, 0.15) is 5.56 Å². The first-order valence-corrected chi connectivity index (χ1v) is 7.67. The van der Waals surface area contributed by atoms with E-state index in [2.05, 4.69) is 21.2 Å². The maximum atomic E-state index is 5.74. The van der Waals surface area contributed by atoms with Crippen LogP contribution < -0.4 is 15.2 Å². The minimum atomic E-state index is 0.532. The molecule has 0 aliphatic heterocycles. The smallest absolute Gasteiger partial charge is 0.163 e. The largest absolute Gasteiger partial charge is 0.493 e. The van der Waals surface area contributed by atoms with Crippen LogP contribution in [0.5, 0.6) is 11.5 Å². The Kier molecular flexibility index (Phi) is 4.77. The van der Waals surface area contributed by atoms with Crippen LogP contribution in [0.15, 0.2) is 42.9 Å².